The van der Waals surface area contributed by atoms with E-state index in [1.54, 1.807) is 0 Å². The third-order valence-electron chi connectivity index (χ3n) is 12.1. The zero-order chi connectivity index (χ0) is 38.1. The minimum absolute atomic E-state index is 0.109. The number of para-hydroxylation sites is 1. The summed E-state index contributed by atoms with van der Waals surface area (Å²) in [6.45, 7) is 4.70. The summed E-state index contributed by atoms with van der Waals surface area (Å²) < 4.78 is 6.13. The molecule has 57 heavy (non-hydrogen) atoms. The van der Waals surface area contributed by atoms with Crippen molar-refractivity contribution in [3.63, 3.8) is 0 Å². The highest BCUT2D eigenvalue weighted by molar-refractivity contribution is 6.06. The second kappa shape index (κ2) is 13.0. The number of hydrogen-bond acceptors (Lipinski definition) is 2. The van der Waals surface area contributed by atoms with Crippen LogP contribution in [0.15, 0.2) is 205 Å². The van der Waals surface area contributed by atoms with Crippen LogP contribution in [0.1, 0.15) is 25.0 Å². The molecule has 0 bridgehead atoms. The second-order valence-corrected chi connectivity index (χ2v) is 15.7. The van der Waals surface area contributed by atoms with Crippen molar-refractivity contribution in [2.75, 3.05) is 4.90 Å². The first-order valence-corrected chi connectivity index (χ1v) is 19.8. The molecular weight excluding hydrogens is 691 g/mol. The SMILES string of the molecule is CC1(C)c2ccccc2-c2ccc(N(c3ccc(-c4ccc5oc6ccccc6c5c4)cc3)c3ccc(-c4ccccc4-c4cccc5ccccc45)cc3)cc21. The molecule has 2 heteroatoms. The van der Waals surface area contributed by atoms with Gasteiger partial charge < -0.3 is 9.32 Å². The van der Waals surface area contributed by atoms with Gasteiger partial charge >= 0.3 is 0 Å². The van der Waals surface area contributed by atoms with Gasteiger partial charge in [0.1, 0.15) is 11.2 Å². The number of anilines is 3. The van der Waals surface area contributed by atoms with Crippen molar-refractivity contribution in [1.29, 1.82) is 0 Å². The van der Waals surface area contributed by atoms with Crippen LogP contribution < -0.4 is 4.90 Å². The molecule has 2 nitrogen and oxygen atoms in total. The Morgan fingerprint density at radius 3 is 1.72 bits per heavy atom. The molecule has 9 aromatic carbocycles. The number of furan rings is 1. The van der Waals surface area contributed by atoms with E-state index in [9.17, 15) is 0 Å². The standard InChI is InChI=1S/C55H39NO/c1-55(2)51-20-9-7-17-47(51)48-32-31-42(35-52(48)55)56(40-27-22-36(23-28-40)39-26-33-54-50(34-39)49-18-8-10-21-53(49)57-54)41-29-24-38(25-30-41)44-15-5-6-16-45(44)46-19-11-13-37-12-3-4-14-43(37)46/h3-35H,1-2H3. The van der Waals surface area contributed by atoms with E-state index in [2.05, 4.69) is 207 Å². The molecule has 0 atom stereocenters. The van der Waals surface area contributed by atoms with E-state index >= 15 is 0 Å². The predicted octanol–water partition coefficient (Wildman–Crippen LogP) is 15.5. The van der Waals surface area contributed by atoms with Gasteiger partial charge in [-0.3, -0.25) is 0 Å². The summed E-state index contributed by atoms with van der Waals surface area (Å²) in [4.78, 5) is 2.40. The molecule has 0 saturated heterocycles. The Bertz CT molecular complexity index is 3140. The average molecular weight is 730 g/mol. The molecule has 0 spiro atoms. The van der Waals surface area contributed by atoms with E-state index in [-0.39, 0.29) is 5.41 Å². The average Bonchev–Trinajstić information content (AvgIpc) is 3.75. The van der Waals surface area contributed by atoms with Crippen LogP contribution in [-0.4, -0.2) is 0 Å². The Morgan fingerprint density at radius 1 is 0.351 bits per heavy atom. The van der Waals surface area contributed by atoms with E-state index in [0.717, 1.165) is 44.6 Å². The summed E-state index contributed by atoms with van der Waals surface area (Å²) in [6.07, 6.45) is 0. The third kappa shape index (κ3) is 5.40. The maximum Gasteiger partial charge on any atom is 0.135 e. The van der Waals surface area contributed by atoms with E-state index in [0.29, 0.717) is 0 Å². The lowest BCUT2D eigenvalue weighted by Gasteiger charge is -2.28. The van der Waals surface area contributed by atoms with Crippen LogP contribution in [0.25, 0.3) is 77.2 Å². The number of hydrogen-bond donors (Lipinski definition) is 0. The van der Waals surface area contributed by atoms with Gasteiger partial charge in [-0.15, -0.1) is 0 Å². The number of nitrogens with zero attached hydrogens (tertiary/aromatic N) is 1. The minimum Gasteiger partial charge on any atom is -0.456 e. The lowest BCUT2D eigenvalue weighted by Crippen LogP contribution is -2.16. The maximum absolute atomic E-state index is 6.13. The van der Waals surface area contributed by atoms with Crippen molar-refractivity contribution in [2.24, 2.45) is 0 Å². The van der Waals surface area contributed by atoms with Gasteiger partial charge in [0.2, 0.25) is 0 Å². The third-order valence-corrected chi connectivity index (χ3v) is 12.1. The van der Waals surface area contributed by atoms with Gasteiger partial charge in [0.15, 0.2) is 0 Å². The number of fused-ring (bicyclic) bond motifs is 7. The highest BCUT2D eigenvalue weighted by atomic mass is 16.3. The summed E-state index contributed by atoms with van der Waals surface area (Å²) in [6, 6.07) is 72.7. The van der Waals surface area contributed by atoms with Crippen LogP contribution in [0.5, 0.6) is 0 Å². The van der Waals surface area contributed by atoms with Crippen LogP contribution in [0, 0.1) is 0 Å². The van der Waals surface area contributed by atoms with Crippen molar-refractivity contribution < 1.29 is 4.42 Å². The minimum atomic E-state index is -0.109. The molecule has 0 fully saturated rings. The van der Waals surface area contributed by atoms with Crippen LogP contribution in [0.3, 0.4) is 0 Å². The zero-order valence-corrected chi connectivity index (χ0v) is 31.9. The Morgan fingerprint density at radius 2 is 0.912 bits per heavy atom. The van der Waals surface area contributed by atoms with Crippen LogP contribution in [0.2, 0.25) is 0 Å². The van der Waals surface area contributed by atoms with Gasteiger partial charge in [0.05, 0.1) is 0 Å². The van der Waals surface area contributed by atoms with E-state index in [4.69, 9.17) is 4.42 Å². The molecule has 1 heterocycles. The highest BCUT2D eigenvalue weighted by Gasteiger charge is 2.35. The Labute approximate surface area is 332 Å². The smallest absolute Gasteiger partial charge is 0.135 e. The fourth-order valence-electron chi connectivity index (χ4n) is 9.21. The summed E-state index contributed by atoms with van der Waals surface area (Å²) in [7, 11) is 0. The van der Waals surface area contributed by atoms with Gasteiger partial charge in [-0.25, -0.2) is 0 Å². The molecular formula is C55H39NO. The Balaban J connectivity index is 1.01. The van der Waals surface area contributed by atoms with Gasteiger partial charge in [-0.05, 0) is 121 Å². The van der Waals surface area contributed by atoms with Crippen molar-refractivity contribution in [1.82, 2.24) is 0 Å². The number of rotatable bonds is 6. The van der Waals surface area contributed by atoms with Crippen LogP contribution in [0.4, 0.5) is 17.1 Å². The normalized spacial score (nSPS) is 12.9. The molecule has 0 unspecified atom stereocenters. The first kappa shape index (κ1) is 33.2. The lowest BCUT2D eigenvalue weighted by molar-refractivity contribution is 0.660. The summed E-state index contributed by atoms with van der Waals surface area (Å²) >= 11 is 0. The molecule has 0 saturated carbocycles. The van der Waals surface area contributed by atoms with E-state index < -0.39 is 0 Å². The monoisotopic (exact) mass is 729 g/mol. The highest BCUT2D eigenvalue weighted by Crippen LogP contribution is 2.51. The van der Waals surface area contributed by atoms with Crippen molar-refractivity contribution in [2.45, 2.75) is 19.3 Å². The van der Waals surface area contributed by atoms with Crippen molar-refractivity contribution >= 4 is 49.8 Å². The van der Waals surface area contributed by atoms with Crippen molar-refractivity contribution in [3.05, 3.63) is 211 Å². The number of benzene rings is 9. The predicted molar refractivity (Wildman–Crippen MR) is 240 cm³/mol. The van der Waals surface area contributed by atoms with Crippen molar-refractivity contribution in [3.8, 4) is 44.5 Å². The fourth-order valence-corrected chi connectivity index (χ4v) is 9.21. The largest absolute Gasteiger partial charge is 0.456 e. The van der Waals surface area contributed by atoms with Gasteiger partial charge in [0.25, 0.3) is 0 Å². The molecule has 1 aromatic heterocycles. The Kier molecular flexibility index (Phi) is 7.55. The molecule has 10 aromatic rings. The van der Waals surface area contributed by atoms with E-state index in [1.165, 1.54) is 60.8 Å². The molecule has 11 rings (SSSR count). The summed E-state index contributed by atoms with van der Waals surface area (Å²) in [5, 5.41) is 4.79. The summed E-state index contributed by atoms with van der Waals surface area (Å²) in [5.41, 5.74) is 17.7. The van der Waals surface area contributed by atoms with Crippen LogP contribution >= 0.6 is 0 Å². The molecule has 0 N–H and O–H groups in total. The second-order valence-electron chi connectivity index (χ2n) is 15.7. The first-order valence-electron chi connectivity index (χ1n) is 19.8. The fraction of sp³-hybridized carbons (Fsp3) is 0.0545. The summed E-state index contributed by atoms with van der Waals surface area (Å²) in [5.74, 6) is 0. The van der Waals surface area contributed by atoms with Gasteiger partial charge in [-0.1, -0.05) is 159 Å². The molecule has 1 aliphatic rings. The molecule has 0 aliphatic heterocycles. The molecule has 1 aliphatic carbocycles. The molecule has 270 valence electrons. The maximum atomic E-state index is 6.13. The van der Waals surface area contributed by atoms with Crippen LogP contribution in [-0.2, 0) is 5.41 Å². The topological polar surface area (TPSA) is 16.4 Å². The lowest BCUT2D eigenvalue weighted by atomic mass is 9.82. The Hall–Kier alpha value is -7.16. The van der Waals surface area contributed by atoms with Gasteiger partial charge in [-0.2, -0.15) is 0 Å². The zero-order valence-electron chi connectivity index (χ0n) is 31.9. The van der Waals surface area contributed by atoms with Gasteiger partial charge in [0, 0.05) is 33.2 Å². The molecule has 0 amide bonds. The first-order chi connectivity index (χ1) is 28.0. The molecule has 0 radical (unpaired) electrons. The van der Waals surface area contributed by atoms with E-state index in [1.807, 2.05) is 12.1 Å². The quantitative estimate of drug-likeness (QED) is 0.169.